The predicted molar refractivity (Wildman–Crippen MR) is 85.6 cm³/mol. The zero-order chi connectivity index (χ0) is 15.5. The fraction of sp³-hybridized carbons (Fsp3) is 0.143. The second-order valence-electron chi connectivity index (χ2n) is 4.36. The highest BCUT2D eigenvalue weighted by molar-refractivity contribution is 9.10. The van der Waals surface area contributed by atoms with Gasteiger partial charge in [0, 0.05) is 11.0 Å². The Labute approximate surface area is 132 Å². The van der Waals surface area contributed by atoms with Crippen molar-refractivity contribution in [3.8, 4) is 5.75 Å². The number of nitrogens with two attached hydrogens (primary N) is 1. The topological polar surface area (TPSA) is 81.4 Å². The average Bonchev–Trinajstić information content (AvgIpc) is 2.45. The SMILES string of the molecule is COc1cccc(CNS(=O)(=O)c2ccc(Br)cc2N)c1. The van der Waals surface area contributed by atoms with Crippen molar-refractivity contribution in [1.82, 2.24) is 4.72 Å². The predicted octanol–water partition coefficient (Wildman–Crippen LogP) is 2.52. The molecule has 112 valence electrons. The number of hydrogen-bond acceptors (Lipinski definition) is 4. The maximum absolute atomic E-state index is 12.3. The molecule has 0 unspecified atom stereocenters. The number of benzene rings is 2. The zero-order valence-electron chi connectivity index (χ0n) is 11.3. The van der Waals surface area contributed by atoms with Crippen molar-refractivity contribution in [2.75, 3.05) is 12.8 Å². The molecule has 2 aromatic carbocycles. The minimum atomic E-state index is -3.66. The van der Waals surface area contributed by atoms with Gasteiger partial charge in [-0.1, -0.05) is 28.1 Å². The monoisotopic (exact) mass is 370 g/mol. The van der Waals surface area contributed by atoms with Crippen LogP contribution in [-0.4, -0.2) is 15.5 Å². The first-order valence-electron chi connectivity index (χ1n) is 6.10. The maximum atomic E-state index is 12.3. The Morgan fingerprint density at radius 3 is 2.67 bits per heavy atom. The van der Waals surface area contributed by atoms with Crippen molar-refractivity contribution in [3.63, 3.8) is 0 Å². The van der Waals surface area contributed by atoms with Crippen LogP contribution in [0.4, 0.5) is 5.69 Å². The molecule has 0 aliphatic carbocycles. The van der Waals surface area contributed by atoms with Crippen LogP contribution in [0, 0.1) is 0 Å². The molecule has 0 saturated carbocycles. The number of nitrogen functional groups attached to an aromatic ring is 1. The molecule has 0 amide bonds. The third kappa shape index (κ3) is 3.96. The highest BCUT2D eigenvalue weighted by Gasteiger charge is 2.17. The summed E-state index contributed by atoms with van der Waals surface area (Å²) in [6.45, 7) is 0.162. The smallest absolute Gasteiger partial charge is 0.242 e. The van der Waals surface area contributed by atoms with Crippen molar-refractivity contribution in [2.45, 2.75) is 11.4 Å². The van der Waals surface area contributed by atoms with Crippen LogP contribution in [0.1, 0.15) is 5.56 Å². The molecule has 0 bridgehead atoms. The highest BCUT2D eigenvalue weighted by Crippen LogP contribution is 2.23. The van der Waals surface area contributed by atoms with E-state index in [0.29, 0.717) is 5.75 Å². The van der Waals surface area contributed by atoms with Crippen LogP contribution in [0.2, 0.25) is 0 Å². The summed E-state index contributed by atoms with van der Waals surface area (Å²) in [4.78, 5) is 0.0635. The van der Waals surface area contributed by atoms with Gasteiger partial charge in [0.1, 0.15) is 10.6 Å². The summed E-state index contributed by atoms with van der Waals surface area (Å²) in [6, 6.07) is 11.8. The first-order valence-corrected chi connectivity index (χ1v) is 8.37. The number of methoxy groups -OCH3 is 1. The van der Waals surface area contributed by atoms with E-state index in [0.717, 1.165) is 10.0 Å². The van der Waals surface area contributed by atoms with Crippen molar-refractivity contribution in [1.29, 1.82) is 0 Å². The van der Waals surface area contributed by atoms with Crippen molar-refractivity contribution in [3.05, 3.63) is 52.5 Å². The minimum Gasteiger partial charge on any atom is -0.497 e. The Bertz CT molecular complexity index is 748. The first kappa shape index (κ1) is 15.8. The summed E-state index contributed by atoms with van der Waals surface area (Å²) in [5, 5.41) is 0. The highest BCUT2D eigenvalue weighted by atomic mass is 79.9. The van der Waals surface area contributed by atoms with Crippen LogP contribution < -0.4 is 15.2 Å². The lowest BCUT2D eigenvalue weighted by molar-refractivity contribution is 0.414. The van der Waals surface area contributed by atoms with Gasteiger partial charge in [-0.2, -0.15) is 0 Å². The van der Waals surface area contributed by atoms with Gasteiger partial charge in [0.2, 0.25) is 10.0 Å². The standard InChI is InChI=1S/C14H15BrN2O3S/c1-20-12-4-2-3-10(7-12)9-17-21(18,19)14-6-5-11(15)8-13(14)16/h2-8,17H,9,16H2,1H3. The van der Waals surface area contributed by atoms with Gasteiger partial charge < -0.3 is 10.5 Å². The van der Waals surface area contributed by atoms with Gasteiger partial charge in [0.05, 0.1) is 12.8 Å². The van der Waals surface area contributed by atoms with Crippen LogP contribution in [0.25, 0.3) is 0 Å². The van der Waals surface area contributed by atoms with E-state index in [4.69, 9.17) is 10.5 Å². The molecule has 3 N–H and O–H groups in total. The second-order valence-corrected chi connectivity index (χ2v) is 7.01. The van der Waals surface area contributed by atoms with E-state index in [1.165, 1.54) is 6.07 Å². The van der Waals surface area contributed by atoms with Gasteiger partial charge in [-0.3, -0.25) is 0 Å². The number of sulfonamides is 1. The lowest BCUT2D eigenvalue weighted by atomic mass is 10.2. The molecule has 2 aromatic rings. The molecule has 21 heavy (non-hydrogen) atoms. The van der Waals surface area contributed by atoms with Gasteiger partial charge in [-0.25, -0.2) is 13.1 Å². The van der Waals surface area contributed by atoms with E-state index in [2.05, 4.69) is 20.7 Å². The number of ether oxygens (including phenoxy) is 1. The number of nitrogens with one attached hydrogen (secondary N) is 1. The summed E-state index contributed by atoms with van der Waals surface area (Å²) in [5.41, 5.74) is 6.75. The van der Waals surface area contributed by atoms with Gasteiger partial charge in [0.25, 0.3) is 0 Å². The van der Waals surface area contributed by atoms with Crippen molar-refractivity contribution < 1.29 is 13.2 Å². The summed E-state index contributed by atoms with van der Waals surface area (Å²) in [6.07, 6.45) is 0. The van der Waals surface area contributed by atoms with E-state index >= 15 is 0 Å². The molecule has 0 aliphatic heterocycles. The van der Waals surface area contributed by atoms with Crippen molar-refractivity contribution in [2.24, 2.45) is 0 Å². The van der Waals surface area contributed by atoms with Gasteiger partial charge in [0.15, 0.2) is 0 Å². The molecule has 5 nitrogen and oxygen atoms in total. The number of hydrogen-bond donors (Lipinski definition) is 2. The average molecular weight is 371 g/mol. The van der Waals surface area contributed by atoms with Crippen molar-refractivity contribution >= 4 is 31.6 Å². The quantitative estimate of drug-likeness (QED) is 0.792. The van der Waals surface area contributed by atoms with E-state index in [1.807, 2.05) is 6.07 Å². The Kier molecular flexibility index (Phi) is 4.87. The molecule has 0 spiro atoms. The third-order valence-corrected chi connectivity index (χ3v) is 4.83. The molecular weight excluding hydrogens is 356 g/mol. The Balaban J connectivity index is 2.17. The molecule has 0 atom stereocenters. The molecule has 0 radical (unpaired) electrons. The van der Waals surface area contributed by atoms with Crippen LogP contribution in [-0.2, 0) is 16.6 Å². The number of halogens is 1. The maximum Gasteiger partial charge on any atom is 0.242 e. The van der Waals surface area contributed by atoms with Gasteiger partial charge >= 0.3 is 0 Å². The summed E-state index contributed by atoms with van der Waals surface area (Å²) < 4.78 is 32.9. The lowest BCUT2D eigenvalue weighted by Crippen LogP contribution is -2.24. The molecule has 2 rings (SSSR count). The fourth-order valence-electron chi connectivity index (χ4n) is 1.80. The lowest BCUT2D eigenvalue weighted by Gasteiger charge is -2.10. The Morgan fingerprint density at radius 1 is 1.24 bits per heavy atom. The van der Waals surface area contributed by atoms with Crippen LogP contribution in [0.5, 0.6) is 5.75 Å². The summed E-state index contributed by atoms with van der Waals surface area (Å²) in [5.74, 6) is 0.676. The largest absolute Gasteiger partial charge is 0.497 e. The molecule has 0 saturated heterocycles. The van der Waals surface area contributed by atoms with Crippen LogP contribution in [0.15, 0.2) is 51.8 Å². The Morgan fingerprint density at radius 2 is 2.00 bits per heavy atom. The minimum absolute atomic E-state index is 0.0635. The molecule has 0 aromatic heterocycles. The first-order chi connectivity index (χ1) is 9.92. The normalized spacial score (nSPS) is 11.3. The zero-order valence-corrected chi connectivity index (χ0v) is 13.7. The summed E-state index contributed by atoms with van der Waals surface area (Å²) in [7, 11) is -2.10. The van der Waals surface area contributed by atoms with E-state index < -0.39 is 10.0 Å². The fourth-order valence-corrected chi connectivity index (χ4v) is 3.31. The summed E-state index contributed by atoms with van der Waals surface area (Å²) >= 11 is 3.25. The van der Waals surface area contributed by atoms with E-state index in [1.54, 1.807) is 37.4 Å². The molecule has 0 aliphatic rings. The number of rotatable bonds is 5. The molecule has 7 heteroatoms. The Hall–Kier alpha value is -1.57. The second kappa shape index (κ2) is 6.46. The van der Waals surface area contributed by atoms with E-state index in [-0.39, 0.29) is 17.1 Å². The third-order valence-electron chi connectivity index (χ3n) is 2.86. The van der Waals surface area contributed by atoms with Crippen LogP contribution in [0.3, 0.4) is 0 Å². The molecule has 0 fully saturated rings. The number of anilines is 1. The van der Waals surface area contributed by atoms with Crippen LogP contribution >= 0.6 is 15.9 Å². The molecular formula is C14H15BrN2O3S. The van der Waals surface area contributed by atoms with E-state index in [9.17, 15) is 8.42 Å². The van der Waals surface area contributed by atoms with Gasteiger partial charge in [-0.15, -0.1) is 0 Å². The molecule has 0 heterocycles. The van der Waals surface area contributed by atoms with Gasteiger partial charge in [-0.05, 0) is 35.9 Å².